The van der Waals surface area contributed by atoms with Crippen molar-refractivity contribution in [2.45, 2.75) is 13.0 Å². The lowest BCUT2D eigenvalue weighted by molar-refractivity contribution is 0.640. The number of pyridine rings is 1. The van der Waals surface area contributed by atoms with Crippen LogP contribution < -0.4 is 11.3 Å². The summed E-state index contributed by atoms with van der Waals surface area (Å²) in [6.45, 7) is 1.98. The molecule has 2 aromatic carbocycles. The van der Waals surface area contributed by atoms with E-state index in [0.717, 1.165) is 27.7 Å². The van der Waals surface area contributed by atoms with Crippen molar-refractivity contribution in [3.8, 4) is 0 Å². The van der Waals surface area contributed by atoms with E-state index >= 15 is 0 Å². The van der Waals surface area contributed by atoms with Crippen LogP contribution in [0.4, 0.5) is 0 Å². The van der Waals surface area contributed by atoms with E-state index in [1.165, 1.54) is 0 Å². The molecule has 0 spiro atoms. The number of benzene rings is 2. The van der Waals surface area contributed by atoms with Crippen molar-refractivity contribution in [3.05, 3.63) is 76.4 Å². The van der Waals surface area contributed by atoms with Crippen molar-refractivity contribution in [2.24, 2.45) is 5.84 Å². The Morgan fingerprint density at radius 1 is 1.05 bits per heavy atom. The molecule has 0 saturated carbocycles. The number of rotatable bonds is 3. The van der Waals surface area contributed by atoms with Gasteiger partial charge < -0.3 is 0 Å². The second kappa shape index (κ2) is 5.82. The van der Waals surface area contributed by atoms with Gasteiger partial charge in [0.2, 0.25) is 0 Å². The molecule has 0 saturated heterocycles. The molecule has 1 unspecified atom stereocenters. The number of hydrogen-bond donors (Lipinski definition) is 2. The monoisotopic (exact) mass is 297 g/mol. The first-order valence-corrected chi connectivity index (χ1v) is 7.15. The molecular formula is C17H16ClN3. The first-order valence-electron chi connectivity index (χ1n) is 6.77. The molecule has 0 bridgehead atoms. The molecule has 3 aromatic rings. The topological polar surface area (TPSA) is 50.9 Å². The Labute approximate surface area is 128 Å². The highest BCUT2D eigenvalue weighted by Crippen LogP contribution is 2.32. The van der Waals surface area contributed by atoms with Gasteiger partial charge in [-0.15, -0.1) is 0 Å². The summed E-state index contributed by atoms with van der Waals surface area (Å²) in [4.78, 5) is 4.57. The van der Waals surface area contributed by atoms with Gasteiger partial charge in [0, 0.05) is 16.1 Å². The number of fused-ring (bicyclic) bond motifs is 1. The average molecular weight is 298 g/mol. The van der Waals surface area contributed by atoms with Crippen LogP contribution in [0.3, 0.4) is 0 Å². The van der Waals surface area contributed by atoms with E-state index in [2.05, 4.69) is 22.5 Å². The number of nitrogens with zero attached hydrogens (tertiary/aromatic N) is 1. The van der Waals surface area contributed by atoms with Gasteiger partial charge >= 0.3 is 0 Å². The predicted octanol–water partition coefficient (Wildman–Crippen LogP) is 3.75. The lowest BCUT2D eigenvalue weighted by atomic mass is 9.95. The molecule has 0 aliphatic heterocycles. The lowest BCUT2D eigenvalue weighted by Gasteiger charge is -2.20. The summed E-state index contributed by atoms with van der Waals surface area (Å²) in [5.41, 5.74) is 6.83. The molecule has 1 aromatic heterocycles. The minimum Gasteiger partial charge on any atom is -0.271 e. The van der Waals surface area contributed by atoms with Crippen molar-refractivity contribution in [3.63, 3.8) is 0 Å². The van der Waals surface area contributed by atoms with E-state index < -0.39 is 0 Å². The molecular weight excluding hydrogens is 282 g/mol. The highest BCUT2D eigenvalue weighted by atomic mass is 35.5. The van der Waals surface area contributed by atoms with Gasteiger partial charge in [0.15, 0.2) is 0 Å². The molecule has 3 rings (SSSR count). The van der Waals surface area contributed by atoms with Crippen LogP contribution in [-0.4, -0.2) is 4.98 Å². The van der Waals surface area contributed by atoms with Crippen molar-refractivity contribution in [1.29, 1.82) is 0 Å². The van der Waals surface area contributed by atoms with Gasteiger partial charge in [0.05, 0.1) is 11.6 Å². The van der Waals surface area contributed by atoms with Gasteiger partial charge in [-0.25, -0.2) is 5.43 Å². The maximum absolute atomic E-state index is 6.33. The van der Waals surface area contributed by atoms with Crippen LogP contribution in [0.2, 0.25) is 5.02 Å². The van der Waals surface area contributed by atoms with Gasteiger partial charge in [-0.1, -0.05) is 48.0 Å². The van der Waals surface area contributed by atoms with Crippen LogP contribution in [0.25, 0.3) is 10.9 Å². The summed E-state index contributed by atoms with van der Waals surface area (Å²) in [5.74, 6) is 5.82. The second-order valence-electron chi connectivity index (χ2n) is 4.99. The highest BCUT2D eigenvalue weighted by molar-refractivity contribution is 6.31. The molecule has 0 amide bonds. The number of halogens is 1. The quantitative estimate of drug-likeness (QED) is 0.572. The third-order valence-corrected chi connectivity index (χ3v) is 3.91. The number of nitrogens with one attached hydrogen (secondary N) is 1. The summed E-state index contributed by atoms with van der Waals surface area (Å²) in [6.07, 6.45) is 0. The van der Waals surface area contributed by atoms with E-state index in [9.17, 15) is 0 Å². The van der Waals surface area contributed by atoms with Crippen LogP contribution in [0.1, 0.15) is 22.9 Å². The third kappa shape index (κ3) is 2.63. The Morgan fingerprint density at radius 3 is 2.52 bits per heavy atom. The van der Waals surface area contributed by atoms with Crippen LogP contribution in [0, 0.1) is 6.92 Å². The standard InChI is InChI=1S/C17H16ClN3/c1-11-10-14(12-6-3-5-9-16(12)20-11)17(21-19)13-7-2-4-8-15(13)18/h2-10,17,21H,19H2,1H3. The van der Waals surface area contributed by atoms with Crippen molar-refractivity contribution in [2.75, 3.05) is 0 Å². The first kappa shape index (κ1) is 14.0. The summed E-state index contributed by atoms with van der Waals surface area (Å²) >= 11 is 6.33. The maximum atomic E-state index is 6.33. The van der Waals surface area contributed by atoms with Crippen LogP contribution in [0.5, 0.6) is 0 Å². The Morgan fingerprint density at radius 2 is 1.76 bits per heavy atom. The van der Waals surface area contributed by atoms with Crippen LogP contribution in [0.15, 0.2) is 54.6 Å². The summed E-state index contributed by atoms with van der Waals surface area (Å²) in [5, 5.41) is 1.77. The zero-order valence-electron chi connectivity index (χ0n) is 11.7. The minimum absolute atomic E-state index is 0.176. The van der Waals surface area contributed by atoms with E-state index in [-0.39, 0.29) is 6.04 Å². The van der Waals surface area contributed by atoms with Gasteiger partial charge in [-0.3, -0.25) is 10.8 Å². The van der Waals surface area contributed by atoms with Crippen molar-refractivity contribution < 1.29 is 0 Å². The molecule has 1 heterocycles. The van der Waals surface area contributed by atoms with Gasteiger partial charge in [-0.2, -0.15) is 0 Å². The number of aryl methyl sites for hydroxylation is 1. The normalized spacial score (nSPS) is 12.5. The van der Waals surface area contributed by atoms with Crippen molar-refractivity contribution in [1.82, 2.24) is 10.4 Å². The van der Waals surface area contributed by atoms with E-state index in [1.54, 1.807) is 0 Å². The largest absolute Gasteiger partial charge is 0.271 e. The van der Waals surface area contributed by atoms with E-state index in [0.29, 0.717) is 5.02 Å². The molecule has 0 aliphatic rings. The highest BCUT2D eigenvalue weighted by Gasteiger charge is 2.18. The summed E-state index contributed by atoms with van der Waals surface area (Å²) in [6, 6.07) is 17.7. The third-order valence-electron chi connectivity index (χ3n) is 3.57. The lowest BCUT2D eigenvalue weighted by Crippen LogP contribution is -2.29. The summed E-state index contributed by atoms with van der Waals surface area (Å²) < 4.78 is 0. The number of nitrogens with two attached hydrogens (primary N) is 1. The Hall–Kier alpha value is -1.94. The Balaban J connectivity index is 2.24. The maximum Gasteiger partial charge on any atom is 0.0731 e. The smallest absolute Gasteiger partial charge is 0.0731 e. The van der Waals surface area contributed by atoms with Gasteiger partial charge in [-0.05, 0) is 36.2 Å². The second-order valence-corrected chi connectivity index (χ2v) is 5.40. The Kier molecular flexibility index (Phi) is 3.88. The molecule has 3 N–H and O–H groups in total. The molecule has 4 heteroatoms. The average Bonchev–Trinajstić information content (AvgIpc) is 2.49. The number of aromatic nitrogens is 1. The fourth-order valence-corrected chi connectivity index (χ4v) is 2.88. The fraction of sp³-hybridized carbons (Fsp3) is 0.118. The number of hydrogen-bond acceptors (Lipinski definition) is 3. The zero-order chi connectivity index (χ0) is 14.8. The Bertz CT molecular complexity index is 786. The van der Waals surface area contributed by atoms with Crippen molar-refractivity contribution >= 4 is 22.5 Å². The molecule has 0 aliphatic carbocycles. The van der Waals surface area contributed by atoms with E-state index in [1.807, 2.05) is 49.4 Å². The number of para-hydroxylation sites is 1. The zero-order valence-corrected chi connectivity index (χ0v) is 12.4. The van der Waals surface area contributed by atoms with Crippen LogP contribution in [-0.2, 0) is 0 Å². The predicted molar refractivity (Wildman–Crippen MR) is 87.1 cm³/mol. The first-order chi connectivity index (χ1) is 10.2. The molecule has 0 radical (unpaired) electrons. The molecule has 1 atom stereocenters. The fourth-order valence-electron chi connectivity index (χ4n) is 2.64. The van der Waals surface area contributed by atoms with Gasteiger partial charge in [0.25, 0.3) is 0 Å². The number of hydrazine groups is 1. The SMILES string of the molecule is Cc1cc(C(NN)c2ccccc2Cl)c2ccccc2n1. The minimum atomic E-state index is -0.176. The molecule has 3 nitrogen and oxygen atoms in total. The van der Waals surface area contributed by atoms with Crippen LogP contribution >= 0.6 is 11.6 Å². The summed E-state index contributed by atoms with van der Waals surface area (Å²) in [7, 11) is 0. The van der Waals surface area contributed by atoms with E-state index in [4.69, 9.17) is 17.4 Å². The molecule has 106 valence electrons. The molecule has 0 fully saturated rings. The molecule has 21 heavy (non-hydrogen) atoms. The van der Waals surface area contributed by atoms with Gasteiger partial charge in [0.1, 0.15) is 0 Å².